The summed E-state index contributed by atoms with van der Waals surface area (Å²) in [6, 6.07) is -0.364. The van der Waals surface area contributed by atoms with Crippen LogP contribution in [0.5, 0.6) is 0 Å². The minimum Gasteiger partial charge on any atom is -0.390 e. The number of β-amino-alcohol motifs (C(OH)–C–C–N with tert-alkyl or cyclic N) is 1. The largest absolute Gasteiger partial charge is 0.390 e. The molecule has 0 radical (unpaired) electrons. The van der Waals surface area contributed by atoms with Crippen LogP contribution in [0.25, 0.3) is 0 Å². The Balaban J connectivity index is 1.71. The van der Waals surface area contributed by atoms with Crippen LogP contribution in [0.4, 0.5) is 0 Å². The average molecular weight is 285 g/mol. The molecule has 2 rings (SSSR count). The van der Waals surface area contributed by atoms with Crippen molar-refractivity contribution in [2.45, 2.75) is 25.0 Å². The Morgan fingerprint density at radius 1 is 1.40 bits per heavy atom. The zero-order chi connectivity index (χ0) is 14.5. The molecule has 2 atom stereocenters. The molecule has 114 valence electrons. The maximum absolute atomic E-state index is 11.9. The van der Waals surface area contributed by atoms with Crippen molar-refractivity contribution >= 4 is 11.8 Å². The molecule has 2 fully saturated rings. The van der Waals surface area contributed by atoms with Crippen LogP contribution in [-0.4, -0.2) is 85.3 Å². The molecule has 0 saturated carbocycles. The van der Waals surface area contributed by atoms with E-state index in [9.17, 15) is 14.7 Å². The summed E-state index contributed by atoms with van der Waals surface area (Å²) in [5.74, 6) is -0.346. The third kappa shape index (κ3) is 3.99. The second kappa shape index (κ2) is 7.12. The number of rotatable bonds is 5. The van der Waals surface area contributed by atoms with Gasteiger partial charge >= 0.3 is 0 Å². The molecule has 0 bridgehead atoms. The van der Waals surface area contributed by atoms with Gasteiger partial charge in [-0.15, -0.1) is 0 Å². The molecule has 2 saturated heterocycles. The molecule has 0 aromatic rings. The molecule has 20 heavy (non-hydrogen) atoms. The number of carbonyl (C=O) groups is 2. The molecule has 2 unspecified atom stereocenters. The lowest BCUT2D eigenvalue weighted by molar-refractivity contribution is -0.148. The van der Waals surface area contributed by atoms with Crippen LogP contribution in [0.2, 0.25) is 0 Å². The van der Waals surface area contributed by atoms with Crippen molar-refractivity contribution in [3.05, 3.63) is 0 Å². The number of amides is 2. The van der Waals surface area contributed by atoms with Crippen LogP contribution >= 0.6 is 0 Å². The summed E-state index contributed by atoms with van der Waals surface area (Å²) >= 11 is 0. The minimum atomic E-state index is -0.524. The number of piperidine rings is 1. The Labute approximate surface area is 118 Å². The summed E-state index contributed by atoms with van der Waals surface area (Å²) in [5, 5.41) is 13.1. The second-order valence-electron chi connectivity index (χ2n) is 5.36. The fourth-order valence-electron chi connectivity index (χ4n) is 2.53. The number of hydrogen-bond acceptors (Lipinski definition) is 6. The lowest BCUT2D eigenvalue weighted by atomic mass is 10.0. The predicted octanol–water partition coefficient (Wildman–Crippen LogP) is -1.58. The molecule has 2 heterocycles. The van der Waals surface area contributed by atoms with Gasteiger partial charge < -0.3 is 15.2 Å². The van der Waals surface area contributed by atoms with Crippen molar-refractivity contribution in [3.8, 4) is 0 Å². The van der Waals surface area contributed by atoms with Crippen LogP contribution in [0, 0.1) is 0 Å². The molecule has 0 spiro atoms. The fourth-order valence-corrected chi connectivity index (χ4v) is 2.53. The van der Waals surface area contributed by atoms with E-state index in [-0.39, 0.29) is 17.9 Å². The van der Waals surface area contributed by atoms with Crippen molar-refractivity contribution in [1.82, 2.24) is 15.1 Å². The first kappa shape index (κ1) is 15.4. The van der Waals surface area contributed by atoms with Gasteiger partial charge in [0, 0.05) is 39.6 Å². The number of likely N-dealkylation sites (tertiary alicyclic amines) is 1. The molecular formula is C13H23N3O4. The van der Waals surface area contributed by atoms with Crippen LogP contribution in [-0.2, 0) is 14.3 Å². The van der Waals surface area contributed by atoms with Crippen molar-refractivity contribution < 1.29 is 19.4 Å². The molecule has 2 amide bonds. The molecule has 0 aromatic heterocycles. The predicted molar refractivity (Wildman–Crippen MR) is 72.1 cm³/mol. The highest BCUT2D eigenvalue weighted by Crippen LogP contribution is 2.11. The number of aliphatic hydroxyl groups is 1. The third-order valence-corrected chi connectivity index (χ3v) is 3.82. The first-order chi connectivity index (χ1) is 9.58. The monoisotopic (exact) mass is 285 g/mol. The summed E-state index contributed by atoms with van der Waals surface area (Å²) in [5.41, 5.74) is 0. The first-order valence-corrected chi connectivity index (χ1v) is 7.10. The van der Waals surface area contributed by atoms with Crippen LogP contribution in [0.3, 0.4) is 0 Å². The lowest BCUT2D eigenvalue weighted by Crippen LogP contribution is -2.53. The molecular weight excluding hydrogens is 262 g/mol. The molecule has 7 nitrogen and oxygen atoms in total. The Morgan fingerprint density at radius 3 is 2.80 bits per heavy atom. The zero-order valence-electron chi connectivity index (χ0n) is 11.9. The molecule has 2 aliphatic rings. The highest BCUT2D eigenvalue weighted by atomic mass is 16.5. The Kier molecular flexibility index (Phi) is 5.47. The van der Waals surface area contributed by atoms with Crippen molar-refractivity contribution in [2.24, 2.45) is 0 Å². The molecule has 7 heteroatoms. The Morgan fingerprint density at radius 2 is 2.10 bits per heavy atom. The third-order valence-electron chi connectivity index (χ3n) is 3.82. The summed E-state index contributed by atoms with van der Waals surface area (Å²) in [4.78, 5) is 26.5. The van der Waals surface area contributed by atoms with Gasteiger partial charge in [-0.05, 0) is 6.42 Å². The van der Waals surface area contributed by atoms with Gasteiger partial charge in [0.15, 0.2) is 0 Å². The van der Waals surface area contributed by atoms with Crippen LogP contribution < -0.4 is 5.32 Å². The number of imide groups is 1. The molecule has 0 aromatic carbocycles. The number of nitrogens with zero attached hydrogens (tertiary/aromatic N) is 2. The minimum absolute atomic E-state index is 0.137. The van der Waals surface area contributed by atoms with E-state index in [0.717, 1.165) is 18.0 Å². The summed E-state index contributed by atoms with van der Waals surface area (Å²) in [7, 11) is 1.50. The van der Waals surface area contributed by atoms with Gasteiger partial charge in [0.2, 0.25) is 11.8 Å². The van der Waals surface area contributed by atoms with Crippen molar-refractivity contribution in [2.75, 3.05) is 46.4 Å². The van der Waals surface area contributed by atoms with E-state index in [0.29, 0.717) is 39.1 Å². The van der Waals surface area contributed by atoms with E-state index >= 15 is 0 Å². The summed E-state index contributed by atoms with van der Waals surface area (Å²) < 4.78 is 5.25. The quantitative estimate of drug-likeness (QED) is 0.593. The Hall–Kier alpha value is -1.02. The van der Waals surface area contributed by atoms with Gasteiger partial charge in [0.1, 0.15) is 0 Å². The van der Waals surface area contributed by atoms with Gasteiger partial charge in [-0.2, -0.15) is 0 Å². The number of likely N-dealkylation sites (N-methyl/N-ethyl adjacent to an activating group) is 1. The van der Waals surface area contributed by atoms with Gasteiger partial charge in [0.05, 0.1) is 25.4 Å². The number of aliphatic hydroxyl groups excluding tert-OH is 1. The van der Waals surface area contributed by atoms with Crippen molar-refractivity contribution in [1.29, 1.82) is 0 Å². The highest BCUT2D eigenvalue weighted by Gasteiger charge is 2.31. The topological polar surface area (TPSA) is 82.1 Å². The molecule has 0 aliphatic carbocycles. The number of morpholine rings is 1. The van der Waals surface area contributed by atoms with Crippen LogP contribution in [0.15, 0.2) is 0 Å². The van der Waals surface area contributed by atoms with E-state index in [4.69, 9.17) is 4.74 Å². The normalized spacial score (nSPS) is 26.9. The number of nitrogens with one attached hydrogen (secondary N) is 1. The smallest absolute Gasteiger partial charge is 0.246 e. The zero-order valence-corrected chi connectivity index (χ0v) is 11.9. The lowest BCUT2D eigenvalue weighted by Gasteiger charge is -2.31. The summed E-state index contributed by atoms with van der Waals surface area (Å²) in [6.45, 7) is 4.00. The van der Waals surface area contributed by atoms with E-state index in [1.165, 1.54) is 7.05 Å². The Bertz CT molecular complexity index is 358. The van der Waals surface area contributed by atoms with E-state index in [1.807, 2.05) is 0 Å². The molecule has 2 aliphatic heterocycles. The number of carbonyl (C=O) groups excluding carboxylic acids is 2. The highest BCUT2D eigenvalue weighted by molar-refractivity contribution is 6.00. The van der Waals surface area contributed by atoms with Gasteiger partial charge in [-0.25, -0.2) is 0 Å². The standard InChI is InChI=1S/C13H23N3O4/c1-15-12(18)3-2-11(13(15)19)14-8-10(17)9-16-4-6-20-7-5-16/h10-11,14,17H,2-9H2,1H3. The number of hydrogen-bond donors (Lipinski definition) is 2. The van der Waals surface area contributed by atoms with E-state index in [1.54, 1.807) is 0 Å². The second-order valence-corrected chi connectivity index (χ2v) is 5.36. The van der Waals surface area contributed by atoms with Crippen LogP contribution in [0.1, 0.15) is 12.8 Å². The SMILES string of the molecule is CN1C(=O)CCC(NCC(O)CN2CCOCC2)C1=O. The van der Waals surface area contributed by atoms with E-state index < -0.39 is 6.10 Å². The fraction of sp³-hybridized carbons (Fsp3) is 0.846. The first-order valence-electron chi connectivity index (χ1n) is 7.10. The summed E-state index contributed by atoms with van der Waals surface area (Å²) in [6.07, 6.45) is 0.356. The maximum atomic E-state index is 11.9. The molecule has 2 N–H and O–H groups in total. The van der Waals surface area contributed by atoms with Crippen molar-refractivity contribution in [3.63, 3.8) is 0 Å². The number of ether oxygens (including phenoxy) is 1. The van der Waals surface area contributed by atoms with E-state index in [2.05, 4.69) is 10.2 Å². The average Bonchev–Trinajstić information content (AvgIpc) is 2.45. The van der Waals surface area contributed by atoms with Gasteiger partial charge in [0.25, 0.3) is 0 Å². The van der Waals surface area contributed by atoms with Gasteiger partial charge in [-0.1, -0.05) is 0 Å². The van der Waals surface area contributed by atoms with Gasteiger partial charge in [-0.3, -0.25) is 19.4 Å². The maximum Gasteiger partial charge on any atom is 0.246 e.